The number of benzene rings is 1. The number of carboxylic acids is 1. The number of rotatable bonds is 5. The molecule has 0 bridgehead atoms. The fraction of sp³-hybridized carbons (Fsp3) is 0.462. The monoisotopic (exact) mass is 268 g/mol. The third kappa shape index (κ3) is 3.98. The van der Waals surface area contributed by atoms with Crippen molar-refractivity contribution >= 4 is 17.6 Å². The first-order chi connectivity index (χ1) is 8.63. The SMILES string of the molecule is O=C(O)CNC1CCN(Cc2cccc(Cl)c2)C1. The molecule has 18 heavy (non-hydrogen) atoms. The van der Waals surface area contributed by atoms with E-state index in [2.05, 4.69) is 16.3 Å². The predicted octanol–water partition coefficient (Wildman–Crippen LogP) is 1.59. The molecule has 1 heterocycles. The van der Waals surface area contributed by atoms with Gasteiger partial charge >= 0.3 is 5.97 Å². The molecule has 1 unspecified atom stereocenters. The third-order valence-electron chi connectivity index (χ3n) is 3.11. The number of nitrogens with zero attached hydrogens (tertiary/aromatic N) is 1. The standard InChI is InChI=1S/C13H17ClN2O2/c14-11-3-1-2-10(6-11)8-16-5-4-12(9-16)15-7-13(17)18/h1-3,6,12,15H,4-5,7-9H2,(H,17,18). The molecule has 2 N–H and O–H groups in total. The van der Waals surface area contributed by atoms with Gasteiger partial charge in [-0.15, -0.1) is 0 Å². The van der Waals surface area contributed by atoms with Gasteiger partial charge in [-0.2, -0.15) is 0 Å². The molecule has 0 amide bonds. The van der Waals surface area contributed by atoms with Crippen molar-refractivity contribution in [3.8, 4) is 0 Å². The van der Waals surface area contributed by atoms with E-state index in [1.54, 1.807) is 0 Å². The van der Waals surface area contributed by atoms with Crippen LogP contribution in [0.15, 0.2) is 24.3 Å². The van der Waals surface area contributed by atoms with Crippen molar-refractivity contribution in [3.05, 3.63) is 34.9 Å². The maximum Gasteiger partial charge on any atom is 0.317 e. The zero-order valence-electron chi connectivity index (χ0n) is 10.1. The second kappa shape index (κ2) is 6.18. The van der Waals surface area contributed by atoms with E-state index in [9.17, 15) is 4.79 Å². The maximum atomic E-state index is 10.5. The second-order valence-electron chi connectivity index (χ2n) is 4.63. The van der Waals surface area contributed by atoms with Crippen molar-refractivity contribution in [1.29, 1.82) is 0 Å². The molecule has 5 heteroatoms. The molecule has 98 valence electrons. The number of carboxylic acid groups (broad SMARTS) is 1. The molecule has 1 aliphatic rings. The van der Waals surface area contributed by atoms with E-state index >= 15 is 0 Å². The number of halogens is 1. The highest BCUT2D eigenvalue weighted by molar-refractivity contribution is 6.30. The Hall–Kier alpha value is -1.10. The van der Waals surface area contributed by atoms with Crippen molar-refractivity contribution in [2.24, 2.45) is 0 Å². The van der Waals surface area contributed by atoms with E-state index in [0.717, 1.165) is 31.1 Å². The van der Waals surface area contributed by atoms with Crippen LogP contribution in [0.4, 0.5) is 0 Å². The third-order valence-corrected chi connectivity index (χ3v) is 3.34. The van der Waals surface area contributed by atoms with E-state index in [1.165, 1.54) is 5.56 Å². The van der Waals surface area contributed by atoms with Crippen LogP contribution < -0.4 is 5.32 Å². The minimum absolute atomic E-state index is 0.0374. The lowest BCUT2D eigenvalue weighted by atomic mass is 10.2. The van der Waals surface area contributed by atoms with Gasteiger partial charge < -0.3 is 10.4 Å². The van der Waals surface area contributed by atoms with Crippen molar-refractivity contribution < 1.29 is 9.90 Å². The molecule has 1 aromatic carbocycles. The van der Waals surface area contributed by atoms with Gasteiger partial charge in [-0.05, 0) is 24.1 Å². The van der Waals surface area contributed by atoms with Gasteiger partial charge in [0.2, 0.25) is 0 Å². The van der Waals surface area contributed by atoms with Gasteiger partial charge in [0.25, 0.3) is 0 Å². The van der Waals surface area contributed by atoms with Crippen LogP contribution in [0.2, 0.25) is 5.02 Å². The molecule has 1 atom stereocenters. The molecule has 1 aromatic rings. The summed E-state index contributed by atoms with van der Waals surface area (Å²) in [5.74, 6) is -0.803. The Balaban J connectivity index is 1.80. The lowest BCUT2D eigenvalue weighted by Gasteiger charge is -2.16. The fourth-order valence-electron chi connectivity index (χ4n) is 2.27. The van der Waals surface area contributed by atoms with Crippen molar-refractivity contribution in [2.45, 2.75) is 19.0 Å². The van der Waals surface area contributed by atoms with Crippen LogP contribution >= 0.6 is 11.6 Å². The van der Waals surface area contributed by atoms with Gasteiger partial charge in [0.1, 0.15) is 0 Å². The van der Waals surface area contributed by atoms with Gasteiger partial charge in [-0.1, -0.05) is 23.7 Å². The van der Waals surface area contributed by atoms with Crippen LogP contribution in [-0.4, -0.2) is 41.7 Å². The number of nitrogens with one attached hydrogen (secondary N) is 1. The summed E-state index contributed by atoms with van der Waals surface area (Å²) in [7, 11) is 0. The smallest absolute Gasteiger partial charge is 0.317 e. The molecular formula is C13H17ClN2O2. The molecule has 0 aliphatic carbocycles. The summed E-state index contributed by atoms with van der Waals surface area (Å²) in [5.41, 5.74) is 1.20. The number of aliphatic carboxylic acids is 1. The molecule has 0 aromatic heterocycles. The Morgan fingerprint density at radius 3 is 3.11 bits per heavy atom. The van der Waals surface area contributed by atoms with Crippen molar-refractivity contribution in [2.75, 3.05) is 19.6 Å². The number of hydrogen-bond acceptors (Lipinski definition) is 3. The first-order valence-electron chi connectivity index (χ1n) is 6.05. The van der Waals surface area contributed by atoms with Crippen LogP contribution in [0.3, 0.4) is 0 Å². The first kappa shape index (κ1) is 13.3. The van der Waals surface area contributed by atoms with Crippen LogP contribution in [0.25, 0.3) is 0 Å². The van der Waals surface area contributed by atoms with Crippen LogP contribution in [0, 0.1) is 0 Å². The summed E-state index contributed by atoms with van der Waals surface area (Å²) in [6.45, 7) is 2.78. The quantitative estimate of drug-likeness (QED) is 0.852. The van der Waals surface area contributed by atoms with Crippen LogP contribution in [-0.2, 0) is 11.3 Å². The minimum Gasteiger partial charge on any atom is -0.480 e. The predicted molar refractivity (Wildman–Crippen MR) is 70.8 cm³/mol. The average molecular weight is 269 g/mol. The van der Waals surface area contributed by atoms with Crippen molar-refractivity contribution in [1.82, 2.24) is 10.2 Å². The maximum absolute atomic E-state index is 10.5. The molecule has 0 radical (unpaired) electrons. The highest BCUT2D eigenvalue weighted by atomic mass is 35.5. The van der Waals surface area contributed by atoms with E-state index in [0.29, 0.717) is 0 Å². The van der Waals surface area contributed by atoms with Gasteiger partial charge in [0, 0.05) is 30.7 Å². The van der Waals surface area contributed by atoms with E-state index < -0.39 is 5.97 Å². The minimum atomic E-state index is -0.803. The summed E-state index contributed by atoms with van der Waals surface area (Å²) >= 11 is 5.95. The Labute approximate surface area is 112 Å². The molecule has 0 spiro atoms. The molecular weight excluding hydrogens is 252 g/mol. The highest BCUT2D eigenvalue weighted by Crippen LogP contribution is 2.16. The fourth-order valence-corrected chi connectivity index (χ4v) is 2.48. The summed E-state index contributed by atoms with van der Waals surface area (Å²) in [5, 5.41) is 12.4. The normalized spacial score (nSPS) is 20.2. The Morgan fingerprint density at radius 2 is 2.39 bits per heavy atom. The lowest BCUT2D eigenvalue weighted by molar-refractivity contribution is -0.136. The van der Waals surface area contributed by atoms with Gasteiger partial charge in [0.05, 0.1) is 6.54 Å². The first-order valence-corrected chi connectivity index (χ1v) is 6.43. The van der Waals surface area contributed by atoms with Crippen LogP contribution in [0.1, 0.15) is 12.0 Å². The molecule has 4 nitrogen and oxygen atoms in total. The van der Waals surface area contributed by atoms with Gasteiger partial charge in [-0.3, -0.25) is 9.69 Å². The topological polar surface area (TPSA) is 52.6 Å². The van der Waals surface area contributed by atoms with Crippen molar-refractivity contribution in [3.63, 3.8) is 0 Å². The van der Waals surface area contributed by atoms with Gasteiger partial charge in [-0.25, -0.2) is 0 Å². The molecule has 1 fully saturated rings. The summed E-state index contributed by atoms with van der Waals surface area (Å²) in [6, 6.07) is 8.13. The summed E-state index contributed by atoms with van der Waals surface area (Å²) in [6.07, 6.45) is 0.994. The second-order valence-corrected chi connectivity index (χ2v) is 5.06. The Bertz CT molecular complexity index is 425. The van der Waals surface area contributed by atoms with E-state index in [1.807, 2.05) is 18.2 Å². The number of likely N-dealkylation sites (tertiary alicyclic amines) is 1. The van der Waals surface area contributed by atoms with E-state index in [-0.39, 0.29) is 12.6 Å². The zero-order chi connectivity index (χ0) is 13.0. The largest absolute Gasteiger partial charge is 0.480 e. The summed E-state index contributed by atoms with van der Waals surface area (Å²) < 4.78 is 0. The summed E-state index contributed by atoms with van der Waals surface area (Å²) in [4.78, 5) is 12.8. The zero-order valence-corrected chi connectivity index (χ0v) is 10.9. The van der Waals surface area contributed by atoms with Crippen LogP contribution in [0.5, 0.6) is 0 Å². The Kier molecular flexibility index (Phi) is 4.58. The molecule has 1 aliphatic heterocycles. The molecule has 1 saturated heterocycles. The molecule has 2 rings (SSSR count). The lowest BCUT2D eigenvalue weighted by Crippen LogP contribution is -2.35. The van der Waals surface area contributed by atoms with Gasteiger partial charge in [0.15, 0.2) is 0 Å². The molecule has 0 saturated carbocycles. The Morgan fingerprint density at radius 1 is 1.56 bits per heavy atom. The number of carbonyl (C=O) groups is 1. The number of hydrogen-bond donors (Lipinski definition) is 2. The van der Waals surface area contributed by atoms with E-state index in [4.69, 9.17) is 16.7 Å². The average Bonchev–Trinajstić information content (AvgIpc) is 2.74. The highest BCUT2D eigenvalue weighted by Gasteiger charge is 2.22.